The predicted octanol–water partition coefficient (Wildman–Crippen LogP) is 1.05. The van der Waals surface area contributed by atoms with Crippen molar-refractivity contribution in [2.24, 2.45) is 0 Å². The average molecular weight is 276 g/mol. The van der Waals surface area contributed by atoms with Gasteiger partial charge in [0.1, 0.15) is 5.52 Å². The molecule has 2 aromatic heterocycles. The molecule has 1 atom stereocenters. The van der Waals surface area contributed by atoms with Gasteiger partial charge in [-0.15, -0.1) is 0 Å². The lowest BCUT2D eigenvalue weighted by Crippen LogP contribution is -2.48. The van der Waals surface area contributed by atoms with Gasteiger partial charge in [-0.3, -0.25) is 0 Å². The summed E-state index contributed by atoms with van der Waals surface area (Å²) in [6.45, 7) is 6.24. The topological polar surface area (TPSA) is 62.9 Å². The van der Waals surface area contributed by atoms with Crippen LogP contribution in [-0.4, -0.2) is 52.1 Å². The van der Waals surface area contributed by atoms with Crippen molar-refractivity contribution >= 4 is 11.3 Å². The van der Waals surface area contributed by atoms with Crippen molar-refractivity contribution in [3.05, 3.63) is 24.2 Å². The summed E-state index contributed by atoms with van der Waals surface area (Å²) in [5.74, 6) is 1.25. The molecule has 0 saturated carbocycles. The van der Waals surface area contributed by atoms with E-state index < -0.39 is 0 Å². The maximum absolute atomic E-state index is 9.52. The number of aromatic nitrogens is 3. The molecular formula is C14H20N4O2. The molecule has 0 radical (unpaired) electrons. The fourth-order valence-corrected chi connectivity index (χ4v) is 2.52. The lowest BCUT2D eigenvalue weighted by Gasteiger charge is -2.35. The first-order valence-electron chi connectivity index (χ1n) is 7.00. The van der Waals surface area contributed by atoms with Gasteiger partial charge in [-0.1, -0.05) is 13.8 Å². The molecule has 1 fully saturated rings. The Morgan fingerprint density at radius 2 is 2.35 bits per heavy atom. The van der Waals surface area contributed by atoms with Crippen molar-refractivity contribution in [2.45, 2.75) is 25.8 Å². The van der Waals surface area contributed by atoms with E-state index in [4.69, 9.17) is 4.74 Å². The average Bonchev–Trinajstić information content (AvgIpc) is 2.91. The number of aliphatic hydroxyl groups is 1. The molecule has 1 aliphatic heterocycles. The van der Waals surface area contributed by atoms with Crippen LogP contribution < -0.4 is 4.90 Å². The van der Waals surface area contributed by atoms with Crippen molar-refractivity contribution in [1.29, 1.82) is 0 Å². The van der Waals surface area contributed by atoms with E-state index in [0.717, 1.165) is 23.6 Å². The van der Waals surface area contributed by atoms with Crippen molar-refractivity contribution in [3.63, 3.8) is 0 Å². The summed E-state index contributed by atoms with van der Waals surface area (Å²) in [5, 5.41) is 14.1. The van der Waals surface area contributed by atoms with E-state index in [-0.39, 0.29) is 12.6 Å². The Morgan fingerprint density at radius 1 is 1.50 bits per heavy atom. The van der Waals surface area contributed by atoms with E-state index >= 15 is 0 Å². The second kappa shape index (κ2) is 5.38. The Kier molecular flexibility index (Phi) is 3.58. The molecule has 3 heterocycles. The Balaban J connectivity index is 2.05. The maximum Gasteiger partial charge on any atom is 0.155 e. The van der Waals surface area contributed by atoms with Crippen molar-refractivity contribution in [3.8, 4) is 0 Å². The molecule has 6 nitrogen and oxygen atoms in total. The first-order valence-corrected chi connectivity index (χ1v) is 7.00. The third-order valence-corrected chi connectivity index (χ3v) is 3.69. The van der Waals surface area contributed by atoms with E-state index in [1.807, 2.05) is 10.7 Å². The summed E-state index contributed by atoms with van der Waals surface area (Å²) in [5.41, 5.74) is 2.03. The minimum absolute atomic E-state index is 0.0418. The summed E-state index contributed by atoms with van der Waals surface area (Å²) in [7, 11) is 0. The molecule has 0 aliphatic carbocycles. The highest BCUT2D eigenvalue weighted by Crippen LogP contribution is 2.25. The monoisotopic (exact) mass is 276 g/mol. The summed E-state index contributed by atoms with van der Waals surface area (Å²) in [6, 6.07) is 2.04. The number of ether oxygens (including phenoxy) is 1. The summed E-state index contributed by atoms with van der Waals surface area (Å²) in [4.78, 5) is 6.62. The molecule has 0 amide bonds. The van der Waals surface area contributed by atoms with Gasteiger partial charge in [0.05, 0.1) is 31.6 Å². The normalized spacial score (nSPS) is 20.0. The molecule has 6 heteroatoms. The highest BCUT2D eigenvalue weighted by Gasteiger charge is 2.25. The van der Waals surface area contributed by atoms with E-state index in [2.05, 4.69) is 34.9 Å². The van der Waals surface area contributed by atoms with Gasteiger partial charge in [0.15, 0.2) is 5.82 Å². The molecule has 2 aromatic rings. The minimum Gasteiger partial charge on any atom is -0.394 e. The van der Waals surface area contributed by atoms with Crippen LogP contribution in [0.15, 0.2) is 18.5 Å². The van der Waals surface area contributed by atoms with Gasteiger partial charge in [-0.05, 0) is 12.0 Å². The Labute approximate surface area is 118 Å². The standard InChI is InChI=1S/C14H20N4O2/c1-10(2)12-7-13-14(15-3-4-18(13)16-12)17-5-6-20-9-11(17)8-19/h3-4,7,10-11,19H,5-6,8-9H2,1-2H3. The van der Waals surface area contributed by atoms with Crippen LogP contribution in [0.25, 0.3) is 5.52 Å². The van der Waals surface area contributed by atoms with E-state index in [0.29, 0.717) is 19.1 Å². The van der Waals surface area contributed by atoms with Crippen LogP contribution in [0, 0.1) is 0 Å². The number of fused-ring (bicyclic) bond motifs is 1. The fourth-order valence-electron chi connectivity index (χ4n) is 2.52. The second-order valence-electron chi connectivity index (χ2n) is 5.41. The Morgan fingerprint density at radius 3 is 3.10 bits per heavy atom. The zero-order chi connectivity index (χ0) is 14.1. The van der Waals surface area contributed by atoms with Crippen LogP contribution >= 0.6 is 0 Å². The molecule has 20 heavy (non-hydrogen) atoms. The number of anilines is 1. The largest absolute Gasteiger partial charge is 0.394 e. The van der Waals surface area contributed by atoms with Gasteiger partial charge in [0.25, 0.3) is 0 Å². The fraction of sp³-hybridized carbons (Fsp3) is 0.571. The van der Waals surface area contributed by atoms with Gasteiger partial charge in [-0.2, -0.15) is 5.10 Å². The number of aliphatic hydroxyl groups excluding tert-OH is 1. The zero-order valence-corrected chi connectivity index (χ0v) is 11.9. The van der Waals surface area contributed by atoms with Crippen LogP contribution in [0.1, 0.15) is 25.5 Å². The van der Waals surface area contributed by atoms with Crippen LogP contribution in [0.5, 0.6) is 0 Å². The SMILES string of the molecule is CC(C)c1cc2c(N3CCOCC3CO)nccn2n1. The highest BCUT2D eigenvalue weighted by atomic mass is 16.5. The van der Waals surface area contributed by atoms with Crippen molar-refractivity contribution in [2.75, 3.05) is 31.3 Å². The van der Waals surface area contributed by atoms with Crippen LogP contribution in [0.2, 0.25) is 0 Å². The van der Waals surface area contributed by atoms with Crippen molar-refractivity contribution < 1.29 is 9.84 Å². The number of rotatable bonds is 3. The number of morpholine rings is 1. The van der Waals surface area contributed by atoms with E-state index in [1.54, 1.807) is 6.20 Å². The van der Waals surface area contributed by atoms with E-state index in [9.17, 15) is 5.11 Å². The lowest BCUT2D eigenvalue weighted by atomic mass is 10.1. The highest BCUT2D eigenvalue weighted by molar-refractivity contribution is 5.69. The van der Waals surface area contributed by atoms with Gasteiger partial charge in [-0.25, -0.2) is 9.50 Å². The molecule has 1 N–H and O–H groups in total. The van der Waals surface area contributed by atoms with Crippen LogP contribution in [0.3, 0.4) is 0 Å². The van der Waals surface area contributed by atoms with E-state index in [1.165, 1.54) is 0 Å². The number of hydrogen-bond acceptors (Lipinski definition) is 5. The maximum atomic E-state index is 9.52. The predicted molar refractivity (Wildman–Crippen MR) is 76.1 cm³/mol. The van der Waals surface area contributed by atoms with Gasteiger partial charge in [0.2, 0.25) is 0 Å². The molecular weight excluding hydrogens is 256 g/mol. The minimum atomic E-state index is -0.0418. The summed E-state index contributed by atoms with van der Waals surface area (Å²) < 4.78 is 7.29. The van der Waals surface area contributed by atoms with Gasteiger partial charge >= 0.3 is 0 Å². The Bertz CT molecular complexity index is 596. The van der Waals surface area contributed by atoms with Crippen molar-refractivity contribution in [1.82, 2.24) is 14.6 Å². The molecule has 0 spiro atoms. The number of nitrogens with zero attached hydrogens (tertiary/aromatic N) is 4. The molecule has 1 saturated heterocycles. The third-order valence-electron chi connectivity index (χ3n) is 3.69. The summed E-state index contributed by atoms with van der Waals surface area (Å²) >= 11 is 0. The molecule has 1 unspecified atom stereocenters. The molecule has 3 rings (SSSR count). The second-order valence-corrected chi connectivity index (χ2v) is 5.41. The van der Waals surface area contributed by atoms with Gasteiger partial charge in [0, 0.05) is 18.9 Å². The Hall–Kier alpha value is -1.66. The smallest absolute Gasteiger partial charge is 0.155 e. The zero-order valence-electron chi connectivity index (χ0n) is 11.9. The molecule has 0 bridgehead atoms. The van der Waals surface area contributed by atoms with Crippen LogP contribution in [-0.2, 0) is 4.74 Å². The first kappa shape index (κ1) is 13.3. The lowest BCUT2D eigenvalue weighted by molar-refractivity contribution is 0.0724. The summed E-state index contributed by atoms with van der Waals surface area (Å²) in [6.07, 6.45) is 3.61. The molecule has 1 aliphatic rings. The molecule has 108 valence electrons. The van der Waals surface area contributed by atoms with Gasteiger partial charge < -0.3 is 14.7 Å². The number of hydrogen-bond donors (Lipinski definition) is 1. The molecule has 0 aromatic carbocycles. The quantitative estimate of drug-likeness (QED) is 0.908. The first-order chi connectivity index (χ1) is 9.70. The van der Waals surface area contributed by atoms with Crippen LogP contribution in [0.4, 0.5) is 5.82 Å². The third kappa shape index (κ3) is 2.25.